The molecular weight excluding hydrogens is 238 g/mol. The first kappa shape index (κ1) is 12.5. The highest BCUT2D eigenvalue weighted by atomic mass is 32.2. The van der Waals surface area contributed by atoms with Crippen molar-refractivity contribution in [2.24, 2.45) is 0 Å². The third kappa shape index (κ3) is 3.28. The lowest BCUT2D eigenvalue weighted by atomic mass is 10.1. The Morgan fingerprint density at radius 1 is 1.35 bits per heavy atom. The highest BCUT2D eigenvalue weighted by Gasteiger charge is 2.29. The number of morpholine rings is 1. The van der Waals surface area contributed by atoms with Gasteiger partial charge in [0.15, 0.2) is 0 Å². The van der Waals surface area contributed by atoms with Crippen LogP contribution < -0.4 is 0 Å². The molecule has 0 aliphatic carbocycles. The quantitative estimate of drug-likeness (QED) is 0.806. The maximum Gasteiger partial charge on any atom is 0.211 e. The van der Waals surface area contributed by atoms with Crippen molar-refractivity contribution < 1.29 is 13.2 Å². The minimum absolute atomic E-state index is 0.0823. The molecule has 1 heterocycles. The van der Waals surface area contributed by atoms with Crippen molar-refractivity contribution in [3.8, 4) is 0 Å². The summed E-state index contributed by atoms with van der Waals surface area (Å²) in [6.45, 7) is 1.41. The largest absolute Gasteiger partial charge is 0.378 e. The van der Waals surface area contributed by atoms with Crippen LogP contribution >= 0.6 is 0 Å². The fourth-order valence-electron chi connectivity index (χ4n) is 2.12. The third-order valence-electron chi connectivity index (χ3n) is 2.91. The molecule has 0 saturated carbocycles. The highest BCUT2D eigenvalue weighted by molar-refractivity contribution is 7.88. The predicted octanol–water partition coefficient (Wildman–Crippen LogP) is 0.889. The zero-order valence-electron chi connectivity index (χ0n) is 9.87. The zero-order chi connectivity index (χ0) is 12.3. The molecule has 1 atom stereocenters. The first-order valence-corrected chi connectivity index (χ1v) is 7.50. The van der Waals surface area contributed by atoms with Crippen LogP contribution in [0.2, 0.25) is 0 Å². The summed E-state index contributed by atoms with van der Waals surface area (Å²) in [5, 5.41) is 0. The fraction of sp³-hybridized carbons (Fsp3) is 0.500. The molecule has 1 fully saturated rings. The summed E-state index contributed by atoms with van der Waals surface area (Å²) in [6, 6.07) is 9.81. The number of hydrogen-bond acceptors (Lipinski definition) is 3. The van der Waals surface area contributed by atoms with Crippen LogP contribution in [0.1, 0.15) is 5.56 Å². The van der Waals surface area contributed by atoms with Crippen LogP contribution in [0.4, 0.5) is 0 Å². The smallest absolute Gasteiger partial charge is 0.211 e. The van der Waals surface area contributed by atoms with Crippen molar-refractivity contribution >= 4 is 10.0 Å². The highest BCUT2D eigenvalue weighted by Crippen LogP contribution is 2.15. The van der Waals surface area contributed by atoms with Gasteiger partial charge in [0.05, 0.1) is 25.5 Å². The summed E-state index contributed by atoms with van der Waals surface area (Å²) in [4.78, 5) is 0. The second-order valence-electron chi connectivity index (χ2n) is 4.29. The van der Waals surface area contributed by atoms with E-state index in [2.05, 4.69) is 0 Å². The summed E-state index contributed by atoms with van der Waals surface area (Å²) in [6.07, 6.45) is 1.96. The van der Waals surface area contributed by atoms with Crippen LogP contribution in [-0.4, -0.2) is 44.8 Å². The zero-order valence-corrected chi connectivity index (χ0v) is 10.7. The second-order valence-corrected chi connectivity index (χ2v) is 6.23. The van der Waals surface area contributed by atoms with E-state index in [1.54, 1.807) is 4.31 Å². The summed E-state index contributed by atoms with van der Waals surface area (Å²) in [5.41, 5.74) is 1.14. The standard InChI is InChI=1S/C12H17NO3S/c1-17(14,15)13-7-8-16-10-12(13)9-11-5-3-2-4-6-11/h2-6,12H,7-10H2,1H3/t12-/m1/s1. The molecule has 0 aromatic heterocycles. The molecule has 0 bridgehead atoms. The summed E-state index contributed by atoms with van der Waals surface area (Å²) in [7, 11) is -3.14. The SMILES string of the molecule is CS(=O)(=O)N1CCOC[C@H]1Cc1ccccc1. The second kappa shape index (κ2) is 5.16. The molecule has 0 amide bonds. The minimum atomic E-state index is -3.14. The van der Waals surface area contributed by atoms with Crippen molar-refractivity contribution in [1.29, 1.82) is 0 Å². The van der Waals surface area contributed by atoms with Gasteiger partial charge < -0.3 is 4.74 Å². The molecule has 1 aromatic carbocycles. The minimum Gasteiger partial charge on any atom is -0.378 e. The van der Waals surface area contributed by atoms with Crippen molar-refractivity contribution in [1.82, 2.24) is 4.31 Å². The van der Waals surface area contributed by atoms with Gasteiger partial charge in [-0.3, -0.25) is 0 Å². The molecule has 0 radical (unpaired) electrons. The van der Waals surface area contributed by atoms with Gasteiger partial charge in [-0.05, 0) is 12.0 Å². The van der Waals surface area contributed by atoms with E-state index >= 15 is 0 Å². The van der Waals surface area contributed by atoms with Gasteiger partial charge in [-0.15, -0.1) is 0 Å². The summed E-state index contributed by atoms with van der Waals surface area (Å²) >= 11 is 0. The molecule has 1 aliphatic rings. The lowest BCUT2D eigenvalue weighted by molar-refractivity contribution is 0.0332. The summed E-state index contributed by atoms with van der Waals surface area (Å²) in [5.74, 6) is 0. The van der Waals surface area contributed by atoms with Gasteiger partial charge in [0.1, 0.15) is 0 Å². The Morgan fingerprint density at radius 3 is 2.71 bits per heavy atom. The van der Waals surface area contributed by atoms with Crippen LogP contribution in [-0.2, 0) is 21.2 Å². The lowest BCUT2D eigenvalue weighted by Gasteiger charge is -2.33. The molecule has 1 aromatic rings. The van der Waals surface area contributed by atoms with Gasteiger partial charge in [0.25, 0.3) is 0 Å². The van der Waals surface area contributed by atoms with E-state index in [1.807, 2.05) is 30.3 Å². The Morgan fingerprint density at radius 2 is 2.06 bits per heavy atom. The molecule has 1 aliphatic heterocycles. The van der Waals surface area contributed by atoms with Crippen molar-refractivity contribution in [3.63, 3.8) is 0 Å². The van der Waals surface area contributed by atoms with Crippen molar-refractivity contribution in [2.45, 2.75) is 12.5 Å². The Labute approximate surface area is 102 Å². The van der Waals surface area contributed by atoms with E-state index in [0.717, 1.165) is 5.56 Å². The monoisotopic (exact) mass is 255 g/mol. The molecule has 4 nitrogen and oxygen atoms in total. The molecule has 94 valence electrons. The van der Waals surface area contributed by atoms with Crippen LogP contribution in [0.5, 0.6) is 0 Å². The fourth-order valence-corrected chi connectivity index (χ4v) is 3.21. The van der Waals surface area contributed by atoms with Crippen LogP contribution in [0.15, 0.2) is 30.3 Å². The van der Waals surface area contributed by atoms with Crippen LogP contribution in [0, 0.1) is 0 Å². The maximum atomic E-state index is 11.7. The molecule has 2 rings (SSSR count). The van der Waals surface area contributed by atoms with Gasteiger partial charge in [-0.1, -0.05) is 30.3 Å². The molecule has 0 spiro atoms. The van der Waals surface area contributed by atoms with Gasteiger partial charge in [-0.2, -0.15) is 4.31 Å². The van der Waals surface area contributed by atoms with Crippen molar-refractivity contribution in [2.75, 3.05) is 26.0 Å². The number of sulfonamides is 1. The predicted molar refractivity (Wildman–Crippen MR) is 66.3 cm³/mol. The molecule has 5 heteroatoms. The number of benzene rings is 1. The number of hydrogen-bond donors (Lipinski definition) is 0. The van der Waals surface area contributed by atoms with E-state index in [-0.39, 0.29) is 6.04 Å². The van der Waals surface area contributed by atoms with E-state index in [9.17, 15) is 8.42 Å². The Bertz CT molecular complexity index is 458. The normalized spacial score (nSPS) is 22.5. The van der Waals surface area contributed by atoms with Crippen LogP contribution in [0.3, 0.4) is 0 Å². The summed E-state index contributed by atoms with van der Waals surface area (Å²) < 4.78 is 30.2. The van der Waals surface area contributed by atoms with E-state index in [4.69, 9.17) is 4.74 Å². The first-order valence-electron chi connectivity index (χ1n) is 5.66. The van der Waals surface area contributed by atoms with E-state index < -0.39 is 10.0 Å². The third-order valence-corrected chi connectivity index (χ3v) is 4.25. The number of ether oxygens (including phenoxy) is 1. The average molecular weight is 255 g/mol. The van der Waals surface area contributed by atoms with E-state index in [1.165, 1.54) is 6.26 Å². The molecular formula is C12H17NO3S. The Hall–Kier alpha value is -0.910. The Balaban J connectivity index is 2.13. The maximum absolute atomic E-state index is 11.7. The molecule has 1 saturated heterocycles. The van der Waals surface area contributed by atoms with Gasteiger partial charge in [-0.25, -0.2) is 8.42 Å². The Kier molecular flexibility index (Phi) is 3.81. The van der Waals surface area contributed by atoms with Gasteiger partial charge >= 0.3 is 0 Å². The van der Waals surface area contributed by atoms with E-state index in [0.29, 0.717) is 26.2 Å². The number of rotatable bonds is 3. The average Bonchev–Trinajstić information content (AvgIpc) is 2.30. The first-order chi connectivity index (χ1) is 8.07. The topological polar surface area (TPSA) is 46.6 Å². The van der Waals surface area contributed by atoms with Crippen molar-refractivity contribution in [3.05, 3.63) is 35.9 Å². The molecule has 17 heavy (non-hydrogen) atoms. The van der Waals surface area contributed by atoms with Crippen LogP contribution in [0.25, 0.3) is 0 Å². The lowest BCUT2D eigenvalue weighted by Crippen LogP contribution is -2.49. The molecule has 0 unspecified atom stereocenters. The molecule has 0 N–H and O–H groups in total. The number of nitrogens with zero attached hydrogens (tertiary/aromatic N) is 1. The van der Waals surface area contributed by atoms with Gasteiger partial charge in [0, 0.05) is 6.54 Å². The van der Waals surface area contributed by atoms with Gasteiger partial charge in [0.2, 0.25) is 10.0 Å².